The predicted octanol–water partition coefficient (Wildman–Crippen LogP) is 0.679. The second-order valence-corrected chi connectivity index (χ2v) is 7.79. The highest BCUT2D eigenvalue weighted by Gasteiger charge is 2.16. The van der Waals surface area contributed by atoms with Gasteiger partial charge in [0.1, 0.15) is 25.9 Å². The van der Waals surface area contributed by atoms with E-state index in [0.29, 0.717) is 11.0 Å². The van der Waals surface area contributed by atoms with Gasteiger partial charge in [0.15, 0.2) is 0 Å². The Kier molecular flexibility index (Phi) is 10.9. The standard InChI is InChI=1S/C14H30NO7P/c1-5-6-7-8-14(17)20-11-13(16)12-22-23(18,19)21-10-9-15(2,3)4/h13,16H,5-12H2,1-4H3/t13-/m1/s1. The normalized spacial score (nSPS) is 15.9. The van der Waals surface area contributed by atoms with Gasteiger partial charge in [0.25, 0.3) is 7.82 Å². The SMILES string of the molecule is CCCCCC(=O)OC[C@@H](O)COP(=O)([O-])OCC[N+](C)(C)C. The largest absolute Gasteiger partial charge is 0.756 e. The van der Waals surface area contributed by atoms with Gasteiger partial charge in [-0.3, -0.25) is 9.36 Å². The molecule has 2 atom stereocenters. The van der Waals surface area contributed by atoms with E-state index >= 15 is 0 Å². The molecule has 0 rings (SSSR count). The summed E-state index contributed by atoms with van der Waals surface area (Å²) in [6.45, 7) is 1.70. The summed E-state index contributed by atoms with van der Waals surface area (Å²) in [4.78, 5) is 22.8. The Hall–Kier alpha value is -0.500. The molecule has 0 aliphatic heterocycles. The number of ether oxygens (including phenoxy) is 1. The van der Waals surface area contributed by atoms with Crippen molar-refractivity contribution in [2.24, 2.45) is 0 Å². The first-order valence-corrected chi connectivity index (χ1v) is 9.26. The van der Waals surface area contributed by atoms with E-state index < -0.39 is 26.5 Å². The number of aliphatic hydroxyl groups excluding tert-OH is 1. The maximum Gasteiger partial charge on any atom is 0.305 e. The van der Waals surface area contributed by atoms with Crippen molar-refractivity contribution >= 4 is 13.8 Å². The van der Waals surface area contributed by atoms with E-state index in [-0.39, 0.29) is 19.6 Å². The monoisotopic (exact) mass is 355 g/mol. The number of carbonyl (C=O) groups is 1. The number of nitrogens with zero attached hydrogens (tertiary/aromatic N) is 1. The number of esters is 1. The molecule has 1 N–H and O–H groups in total. The summed E-state index contributed by atoms with van der Waals surface area (Å²) in [6, 6.07) is 0. The van der Waals surface area contributed by atoms with E-state index in [4.69, 9.17) is 9.26 Å². The van der Waals surface area contributed by atoms with Crippen molar-refractivity contribution in [3.8, 4) is 0 Å². The number of phosphoric ester groups is 1. The maximum absolute atomic E-state index is 11.5. The van der Waals surface area contributed by atoms with Crippen LogP contribution in [0, 0.1) is 0 Å². The molecular formula is C14H30NO7P. The topological polar surface area (TPSA) is 105 Å². The van der Waals surface area contributed by atoms with E-state index in [1.54, 1.807) is 0 Å². The van der Waals surface area contributed by atoms with Gasteiger partial charge in [-0.25, -0.2) is 0 Å². The average molecular weight is 355 g/mol. The molecule has 23 heavy (non-hydrogen) atoms. The minimum Gasteiger partial charge on any atom is -0.756 e. The van der Waals surface area contributed by atoms with Crippen LogP contribution in [0.25, 0.3) is 0 Å². The third-order valence-electron chi connectivity index (χ3n) is 2.86. The van der Waals surface area contributed by atoms with Gasteiger partial charge < -0.3 is 28.3 Å². The Balaban J connectivity index is 3.87. The first-order chi connectivity index (χ1) is 10.6. The molecule has 0 aromatic carbocycles. The van der Waals surface area contributed by atoms with Crippen molar-refractivity contribution in [1.29, 1.82) is 0 Å². The van der Waals surface area contributed by atoms with Gasteiger partial charge in [-0.15, -0.1) is 0 Å². The number of rotatable bonds is 13. The average Bonchev–Trinajstić information content (AvgIpc) is 2.41. The summed E-state index contributed by atoms with van der Waals surface area (Å²) in [5.74, 6) is -0.415. The smallest absolute Gasteiger partial charge is 0.305 e. The van der Waals surface area contributed by atoms with E-state index in [1.165, 1.54) is 0 Å². The molecule has 9 heteroatoms. The summed E-state index contributed by atoms with van der Waals surface area (Å²) in [7, 11) is 1.24. The molecule has 1 unspecified atom stereocenters. The molecule has 0 amide bonds. The predicted molar refractivity (Wildman–Crippen MR) is 83.5 cm³/mol. The van der Waals surface area contributed by atoms with Gasteiger partial charge in [0.2, 0.25) is 0 Å². The summed E-state index contributed by atoms with van der Waals surface area (Å²) >= 11 is 0. The molecule has 0 heterocycles. The first kappa shape index (κ1) is 22.5. The molecule has 0 aromatic rings. The second-order valence-electron chi connectivity index (χ2n) is 6.38. The second kappa shape index (κ2) is 11.1. The first-order valence-electron chi connectivity index (χ1n) is 7.80. The molecule has 0 spiro atoms. The van der Waals surface area contributed by atoms with E-state index in [2.05, 4.69) is 4.52 Å². The van der Waals surface area contributed by atoms with Crippen molar-refractivity contribution in [1.82, 2.24) is 0 Å². The third-order valence-corrected chi connectivity index (χ3v) is 3.82. The lowest BCUT2D eigenvalue weighted by atomic mass is 10.2. The lowest BCUT2D eigenvalue weighted by Crippen LogP contribution is -2.37. The van der Waals surface area contributed by atoms with Crippen molar-refractivity contribution in [2.45, 2.75) is 38.7 Å². The highest BCUT2D eigenvalue weighted by molar-refractivity contribution is 7.45. The molecule has 0 aliphatic rings. The van der Waals surface area contributed by atoms with Gasteiger partial charge in [-0.05, 0) is 6.42 Å². The number of carbonyl (C=O) groups excluding carboxylic acids is 1. The highest BCUT2D eigenvalue weighted by Crippen LogP contribution is 2.38. The van der Waals surface area contributed by atoms with Gasteiger partial charge >= 0.3 is 5.97 Å². The zero-order chi connectivity index (χ0) is 17.9. The van der Waals surface area contributed by atoms with Crippen LogP contribution in [0.1, 0.15) is 32.6 Å². The maximum atomic E-state index is 11.5. The molecule has 0 saturated carbocycles. The van der Waals surface area contributed by atoms with E-state index in [1.807, 2.05) is 28.1 Å². The molecule has 138 valence electrons. The Bertz CT molecular complexity index is 384. The molecule has 0 bridgehead atoms. The van der Waals surface area contributed by atoms with Crippen LogP contribution in [0.3, 0.4) is 0 Å². The fraction of sp³-hybridized carbons (Fsp3) is 0.929. The van der Waals surface area contributed by atoms with Crippen LogP contribution in [0.2, 0.25) is 0 Å². The molecule has 0 aromatic heterocycles. The minimum absolute atomic E-state index is 0.00716. The van der Waals surface area contributed by atoms with Crippen LogP contribution in [-0.2, 0) is 23.1 Å². The highest BCUT2D eigenvalue weighted by atomic mass is 31.2. The molecule has 8 nitrogen and oxygen atoms in total. The van der Waals surface area contributed by atoms with E-state index in [9.17, 15) is 19.4 Å². The van der Waals surface area contributed by atoms with Crippen LogP contribution in [0.15, 0.2) is 0 Å². The van der Waals surface area contributed by atoms with Crippen LogP contribution in [-0.4, -0.2) is 69.2 Å². The van der Waals surface area contributed by atoms with E-state index in [0.717, 1.165) is 19.3 Å². The third kappa shape index (κ3) is 14.8. The number of unbranched alkanes of at least 4 members (excludes halogenated alkanes) is 2. The number of hydrogen-bond donors (Lipinski definition) is 1. The molecular weight excluding hydrogens is 325 g/mol. The molecule has 0 saturated heterocycles. The van der Waals surface area contributed by atoms with Crippen LogP contribution in [0.4, 0.5) is 0 Å². The number of quaternary nitrogens is 1. The summed E-state index contributed by atoms with van der Waals surface area (Å²) in [6.07, 6.45) is 1.74. The van der Waals surface area contributed by atoms with Crippen LogP contribution >= 0.6 is 7.82 Å². The number of aliphatic hydroxyl groups is 1. The van der Waals surface area contributed by atoms with Crippen LogP contribution in [0.5, 0.6) is 0 Å². The fourth-order valence-electron chi connectivity index (χ4n) is 1.47. The number of hydrogen-bond acceptors (Lipinski definition) is 7. The van der Waals surface area contributed by atoms with Crippen LogP contribution < -0.4 is 4.89 Å². The zero-order valence-electron chi connectivity index (χ0n) is 14.5. The van der Waals surface area contributed by atoms with Crippen molar-refractivity contribution < 1.29 is 37.6 Å². The van der Waals surface area contributed by atoms with Crippen molar-refractivity contribution in [2.75, 3.05) is 47.5 Å². The quantitative estimate of drug-likeness (QED) is 0.224. The minimum atomic E-state index is -4.46. The lowest BCUT2D eigenvalue weighted by molar-refractivity contribution is -0.870. The zero-order valence-corrected chi connectivity index (χ0v) is 15.4. The molecule has 0 fully saturated rings. The Morgan fingerprint density at radius 2 is 1.87 bits per heavy atom. The summed E-state index contributed by atoms with van der Waals surface area (Å²) in [5, 5.41) is 9.57. The Morgan fingerprint density at radius 3 is 2.43 bits per heavy atom. The van der Waals surface area contributed by atoms with Gasteiger partial charge in [0.05, 0.1) is 27.7 Å². The molecule has 0 radical (unpaired) electrons. The fourth-order valence-corrected chi connectivity index (χ4v) is 2.20. The van der Waals surface area contributed by atoms with Gasteiger partial charge in [0, 0.05) is 6.42 Å². The summed E-state index contributed by atoms with van der Waals surface area (Å²) < 4.78 is 26.1. The lowest BCUT2D eigenvalue weighted by Gasteiger charge is -2.27. The van der Waals surface area contributed by atoms with Gasteiger partial charge in [-0.2, -0.15) is 0 Å². The number of phosphoric acid groups is 1. The molecule has 0 aliphatic carbocycles. The summed E-state index contributed by atoms with van der Waals surface area (Å²) in [5.41, 5.74) is 0. The number of likely N-dealkylation sites (N-methyl/N-ethyl adjacent to an activating group) is 1. The Morgan fingerprint density at radius 1 is 1.22 bits per heavy atom. The van der Waals surface area contributed by atoms with Gasteiger partial charge in [-0.1, -0.05) is 19.8 Å². The van der Waals surface area contributed by atoms with Crippen molar-refractivity contribution in [3.63, 3.8) is 0 Å². The Labute approximate surface area is 138 Å². The van der Waals surface area contributed by atoms with Crippen molar-refractivity contribution in [3.05, 3.63) is 0 Å².